The van der Waals surface area contributed by atoms with Crippen LogP contribution in [0.15, 0.2) is 30.6 Å². The molecule has 0 aliphatic heterocycles. The largest absolute Gasteiger partial charge is 0.490 e. The summed E-state index contributed by atoms with van der Waals surface area (Å²) in [6.07, 6.45) is 2.63. The lowest BCUT2D eigenvalue weighted by molar-refractivity contribution is -0.385. The number of aromatic nitrogens is 2. The summed E-state index contributed by atoms with van der Waals surface area (Å²) in [4.78, 5) is 10.2. The van der Waals surface area contributed by atoms with Gasteiger partial charge in [-0.1, -0.05) is 6.07 Å². The van der Waals surface area contributed by atoms with Crippen LogP contribution >= 0.6 is 0 Å². The van der Waals surface area contributed by atoms with Crippen molar-refractivity contribution in [3.63, 3.8) is 0 Å². The van der Waals surface area contributed by atoms with Gasteiger partial charge in [-0.25, -0.2) is 0 Å². The Balaban J connectivity index is 2.19. The molecule has 0 amide bonds. The zero-order valence-corrected chi connectivity index (χ0v) is 12.0. The third-order valence-electron chi connectivity index (χ3n) is 2.78. The van der Waals surface area contributed by atoms with Crippen molar-refractivity contribution in [2.45, 2.75) is 20.4 Å². The van der Waals surface area contributed by atoms with Crippen LogP contribution in [-0.2, 0) is 6.54 Å². The van der Waals surface area contributed by atoms with Crippen molar-refractivity contribution in [1.82, 2.24) is 9.78 Å². The molecule has 0 fully saturated rings. The minimum absolute atomic E-state index is 0.0223. The molecule has 0 aliphatic rings. The predicted octanol–water partition coefficient (Wildman–Crippen LogP) is 2.64. The summed E-state index contributed by atoms with van der Waals surface area (Å²) in [7, 11) is 0. The first-order valence-electron chi connectivity index (χ1n) is 6.69. The Bertz CT molecular complexity index is 624. The number of nitro groups is 1. The first-order chi connectivity index (χ1) is 10.1. The van der Waals surface area contributed by atoms with E-state index in [4.69, 9.17) is 9.47 Å². The molecule has 0 saturated carbocycles. The normalized spacial score (nSPS) is 10.4. The monoisotopic (exact) mass is 291 g/mol. The van der Waals surface area contributed by atoms with Gasteiger partial charge >= 0.3 is 5.69 Å². The van der Waals surface area contributed by atoms with E-state index >= 15 is 0 Å². The smallest absolute Gasteiger partial charge is 0.307 e. The van der Waals surface area contributed by atoms with Crippen LogP contribution in [0.5, 0.6) is 11.5 Å². The second kappa shape index (κ2) is 6.74. The Kier molecular flexibility index (Phi) is 4.76. The molecule has 0 bridgehead atoms. The second-order valence-electron chi connectivity index (χ2n) is 4.30. The summed E-state index contributed by atoms with van der Waals surface area (Å²) < 4.78 is 12.6. The molecule has 1 heterocycles. The lowest BCUT2D eigenvalue weighted by Crippen LogP contribution is -2.03. The molecule has 7 heteroatoms. The third-order valence-corrected chi connectivity index (χ3v) is 2.78. The van der Waals surface area contributed by atoms with Gasteiger partial charge in [-0.2, -0.15) is 5.10 Å². The molecule has 0 spiro atoms. The number of hydrogen-bond acceptors (Lipinski definition) is 5. The molecule has 0 saturated heterocycles. The van der Waals surface area contributed by atoms with E-state index in [-0.39, 0.29) is 5.69 Å². The average molecular weight is 291 g/mol. The molecule has 0 unspecified atom stereocenters. The Labute approximate surface area is 122 Å². The zero-order chi connectivity index (χ0) is 15.2. The molecule has 0 N–H and O–H groups in total. The van der Waals surface area contributed by atoms with Gasteiger partial charge in [0.1, 0.15) is 12.4 Å². The lowest BCUT2D eigenvalue weighted by Gasteiger charge is -2.12. The van der Waals surface area contributed by atoms with Crippen molar-refractivity contribution in [1.29, 1.82) is 0 Å². The summed E-state index contributed by atoms with van der Waals surface area (Å²) >= 11 is 0. The molecule has 0 radical (unpaired) electrons. The summed E-state index contributed by atoms with van der Waals surface area (Å²) in [6.45, 7) is 5.34. The Morgan fingerprint density at radius 3 is 2.57 bits per heavy atom. The van der Waals surface area contributed by atoms with E-state index in [9.17, 15) is 10.1 Å². The number of hydrogen-bond donors (Lipinski definition) is 0. The third kappa shape index (κ3) is 3.71. The maximum atomic E-state index is 10.6. The molecular weight excluding hydrogens is 274 g/mol. The Hall–Kier alpha value is -2.57. The molecule has 7 nitrogen and oxygen atoms in total. The highest BCUT2D eigenvalue weighted by Crippen LogP contribution is 2.28. The lowest BCUT2D eigenvalue weighted by atomic mass is 10.2. The van der Waals surface area contributed by atoms with Crippen molar-refractivity contribution in [3.05, 3.63) is 46.3 Å². The minimum Gasteiger partial charge on any atom is -0.490 e. The van der Waals surface area contributed by atoms with Crippen molar-refractivity contribution in [3.8, 4) is 11.5 Å². The van der Waals surface area contributed by atoms with E-state index < -0.39 is 4.92 Å². The maximum Gasteiger partial charge on any atom is 0.307 e. The van der Waals surface area contributed by atoms with Crippen LogP contribution in [-0.4, -0.2) is 27.9 Å². The van der Waals surface area contributed by atoms with Crippen molar-refractivity contribution in [2.75, 3.05) is 13.2 Å². The first-order valence-corrected chi connectivity index (χ1v) is 6.69. The molecule has 1 aromatic heterocycles. The molecule has 1 aromatic carbocycles. The number of rotatable bonds is 7. The van der Waals surface area contributed by atoms with Crippen LogP contribution in [0.2, 0.25) is 0 Å². The van der Waals surface area contributed by atoms with Crippen LogP contribution in [0.25, 0.3) is 0 Å². The quantitative estimate of drug-likeness (QED) is 0.578. The topological polar surface area (TPSA) is 79.4 Å². The van der Waals surface area contributed by atoms with Crippen LogP contribution in [0.4, 0.5) is 5.69 Å². The van der Waals surface area contributed by atoms with E-state index in [0.717, 1.165) is 5.56 Å². The van der Waals surface area contributed by atoms with Gasteiger partial charge in [0.2, 0.25) is 0 Å². The summed E-state index contributed by atoms with van der Waals surface area (Å²) in [6, 6.07) is 5.59. The highest BCUT2D eigenvalue weighted by atomic mass is 16.6. The Morgan fingerprint density at radius 1 is 1.24 bits per heavy atom. The van der Waals surface area contributed by atoms with E-state index in [1.165, 1.54) is 17.1 Å². The molecule has 2 aromatic rings. The fourth-order valence-electron chi connectivity index (χ4n) is 1.91. The van der Waals surface area contributed by atoms with Crippen LogP contribution in [0, 0.1) is 10.1 Å². The zero-order valence-electron chi connectivity index (χ0n) is 12.0. The van der Waals surface area contributed by atoms with Gasteiger partial charge in [-0.05, 0) is 31.5 Å². The predicted molar refractivity (Wildman–Crippen MR) is 76.8 cm³/mol. The van der Waals surface area contributed by atoms with Gasteiger partial charge in [-0.3, -0.25) is 14.8 Å². The van der Waals surface area contributed by atoms with Gasteiger partial charge in [0.05, 0.1) is 24.7 Å². The van der Waals surface area contributed by atoms with Crippen LogP contribution < -0.4 is 9.47 Å². The van der Waals surface area contributed by atoms with Gasteiger partial charge < -0.3 is 9.47 Å². The minimum atomic E-state index is -0.465. The molecule has 112 valence electrons. The van der Waals surface area contributed by atoms with Gasteiger partial charge in [-0.15, -0.1) is 0 Å². The van der Waals surface area contributed by atoms with E-state index in [1.807, 2.05) is 32.0 Å². The van der Waals surface area contributed by atoms with Gasteiger partial charge in [0.15, 0.2) is 11.5 Å². The second-order valence-corrected chi connectivity index (χ2v) is 4.30. The first kappa shape index (κ1) is 14.8. The van der Waals surface area contributed by atoms with Gasteiger partial charge in [0.25, 0.3) is 0 Å². The highest BCUT2D eigenvalue weighted by Gasteiger charge is 2.10. The highest BCUT2D eigenvalue weighted by molar-refractivity contribution is 5.43. The van der Waals surface area contributed by atoms with E-state index in [1.54, 1.807) is 0 Å². The standard InChI is InChI=1S/C14H17N3O4/c1-3-20-13-6-5-11(7-14(13)21-4-2)9-16-10-12(8-15-16)17(18)19/h5-8,10H,3-4,9H2,1-2H3. The SMILES string of the molecule is CCOc1ccc(Cn2cc([N+](=O)[O-])cn2)cc1OCC. The van der Waals surface area contributed by atoms with Crippen LogP contribution in [0.3, 0.4) is 0 Å². The van der Waals surface area contributed by atoms with E-state index in [2.05, 4.69) is 5.10 Å². The van der Waals surface area contributed by atoms with E-state index in [0.29, 0.717) is 31.3 Å². The maximum absolute atomic E-state index is 10.6. The van der Waals surface area contributed by atoms with Crippen LogP contribution in [0.1, 0.15) is 19.4 Å². The summed E-state index contributed by atoms with van der Waals surface area (Å²) in [5.74, 6) is 1.35. The number of benzene rings is 1. The molecule has 0 atom stereocenters. The van der Waals surface area contributed by atoms with Crippen molar-refractivity contribution < 1.29 is 14.4 Å². The van der Waals surface area contributed by atoms with Crippen molar-refractivity contribution >= 4 is 5.69 Å². The Morgan fingerprint density at radius 2 is 1.95 bits per heavy atom. The molecule has 21 heavy (non-hydrogen) atoms. The van der Waals surface area contributed by atoms with Crippen molar-refractivity contribution in [2.24, 2.45) is 0 Å². The number of ether oxygens (including phenoxy) is 2. The fourth-order valence-corrected chi connectivity index (χ4v) is 1.91. The summed E-state index contributed by atoms with van der Waals surface area (Å²) in [5, 5.41) is 14.6. The molecule has 0 aliphatic carbocycles. The molecular formula is C14H17N3O4. The average Bonchev–Trinajstić information content (AvgIpc) is 2.91. The van der Waals surface area contributed by atoms with Gasteiger partial charge in [0, 0.05) is 0 Å². The molecule has 2 rings (SSSR count). The summed E-state index contributed by atoms with van der Waals surface area (Å²) in [5.41, 5.74) is 0.908. The number of nitrogens with zero attached hydrogens (tertiary/aromatic N) is 3. The fraction of sp³-hybridized carbons (Fsp3) is 0.357.